The maximum absolute atomic E-state index is 13.2. The van der Waals surface area contributed by atoms with Gasteiger partial charge in [0.05, 0.1) is 39.8 Å². The maximum Gasteiger partial charge on any atom is 0.332 e. The number of nitrogens with two attached hydrogens (primary N) is 1. The molecule has 1 aliphatic heterocycles. The van der Waals surface area contributed by atoms with E-state index in [-0.39, 0.29) is 30.3 Å². The third-order valence-electron chi connectivity index (χ3n) is 6.36. The first kappa shape index (κ1) is 23.3. The Balaban J connectivity index is 1.49. The molecule has 4 rings (SSSR count). The summed E-state index contributed by atoms with van der Waals surface area (Å²) in [5.41, 5.74) is 6.90. The van der Waals surface area contributed by atoms with Gasteiger partial charge in [-0.25, -0.2) is 4.79 Å². The molecule has 9 heteroatoms. The molecular formula is C25H30N5O4+. The summed E-state index contributed by atoms with van der Waals surface area (Å²) in [5.74, 6) is 0.400. The van der Waals surface area contributed by atoms with Crippen LogP contribution in [0.1, 0.15) is 15.9 Å². The lowest BCUT2D eigenvalue weighted by Crippen LogP contribution is -3.15. The van der Waals surface area contributed by atoms with Crippen molar-refractivity contribution in [1.29, 1.82) is 0 Å². The number of carbonyl (C=O) groups is 1. The minimum Gasteiger partial charge on any atom is -0.497 e. The Labute approximate surface area is 197 Å². The van der Waals surface area contributed by atoms with E-state index in [4.69, 9.17) is 10.5 Å². The number of ether oxygens (including phenoxy) is 1. The number of nitrogen functional groups attached to an aromatic ring is 1. The second-order valence-electron chi connectivity index (χ2n) is 8.51. The fourth-order valence-electron chi connectivity index (χ4n) is 4.33. The minimum atomic E-state index is -0.645. The fraction of sp³-hybridized carbons (Fsp3) is 0.320. The van der Waals surface area contributed by atoms with Crippen molar-refractivity contribution in [1.82, 2.24) is 9.13 Å². The van der Waals surface area contributed by atoms with Crippen LogP contribution in [-0.4, -0.2) is 54.8 Å². The van der Waals surface area contributed by atoms with Crippen LogP contribution in [0.4, 0.5) is 11.5 Å². The zero-order chi connectivity index (χ0) is 24.2. The second kappa shape index (κ2) is 9.96. The van der Waals surface area contributed by atoms with E-state index in [0.29, 0.717) is 0 Å². The van der Waals surface area contributed by atoms with Gasteiger partial charge in [-0.1, -0.05) is 30.3 Å². The number of anilines is 2. The van der Waals surface area contributed by atoms with Crippen molar-refractivity contribution in [3.63, 3.8) is 0 Å². The van der Waals surface area contributed by atoms with Gasteiger partial charge < -0.3 is 20.3 Å². The number of nitrogens with one attached hydrogen (secondary N) is 1. The Morgan fingerprint density at radius 2 is 1.68 bits per heavy atom. The third kappa shape index (κ3) is 4.74. The number of hydrogen-bond acceptors (Lipinski definition) is 6. The highest BCUT2D eigenvalue weighted by atomic mass is 16.5. The summed E-state index contributed by atoms with van der Waals surface area (Å²) in [5, 5.41) is 0. The number of aromatic nitrogens is 2. The van der Waals surface area contributed by atoms with Crippen molar-refractivity contribution in [3.05, 3.63) is 86.6 Å². The van der Waals surface area contributed by atoms with E-state index >= 15 is 0 Å². The number of nitrogens with zero attached hydrogens (tertiary/aromatic N) is 3. The van der Waals surface area contributed by atoms with Gasteiger partial charge in [-0.05, 0) is 29.8 Å². The third-order valence-corrected chi connectivity index (χ3v) is 6.36. The molecule has 34 heavy (non-hydrogen) atoms. The van der Waals surface area contributed by atoms with Crippen LogP contribution in [-0.2, 0) is 13.6 Å². The predicted molar refractivity (Wildman–Crippen MR) is 131 cm³/mol. The first-order valence-corrected chi connectivity index (χ1v) is 11.3. The molecule has 2 heterocycles. The lowest BCUT2D eigenvalue weighted by atomic mass is 10.1. The highest BCUT2D eigenvalue weighted by Crippen LogP contribution is 2.19. The van der Waals surface area contributed by atoms with Crippen LogP contribution in [0.15, 0.2) is 64.2 Å². The minimum absolute atomic E-state index is 0.0711. The van der Waals surface area contributed by atoms with Crippen LogP contribution >= 0.6 is 0 Å². The van der Waals surface area contributed by atoms with Crippen molar-refractivity contribution in [2.24, 2.45) is 7.05 Å². The molecule has 178 valence electrons. The van der Waals surface area contributed by atoms with Gasteiger partial charge in [0.15, 0.2) is 0 Å². The molecule has 2 aromatic carbocycles. The molecule has 3 N–H and O–H groups in total. The van der Waals surface area contributed by atoms with E-state index in [1.165, 1.54) is 11.6 Å². The van der Waals surface area contributed by atoms with Crippen LogP contribution < -0.4 is 31.5 Å². The van der Waals surface area contributed by atoms with Gasteiger partial charge >= 0.3 is 5.69 Å². The highest BCUT2D eigenvalue weighted by molar-refractivity contribution is 6.00. The normalized spacial score (nSPS) is 14.2. The molecule has 1 saturated heterocycles. The van der Waals surface area contributed by atoms with Crippen LogP contribution in [0.3, 0.4) is 0 Å². The number of carbonyl (C=O) groups excluding carboxylic acids is 1. The fourth-order valence-corrected chi connectivity index (χ4v) is 4.33. The van der Waals surface area contributed by atoms with E-state index in [0.717, 1.165) is 52.6 Å². The Morgan fingerprint density at radius 3 is 2.29 bits per heavy atom. The topological polar surface area (TPSA) is 104 Å². The molecule has 0 spiro atoms. The summed E-state index contributed by atoms with van der Waals surface area (Å²) in [6.07, 6.45) is 0. The first-order valence-electron chi connectivity index (χ1n) is 11.3. The molecule has 0 saturated carbocycles. The molecular weight excluding hydrogens is 434 g/mol. The zero-order valence-electron chi connectivity index (χ0n) is 19.5. The number of rotatable bonds is 7. The average Bonchev–Trinajstić information content (AvgIpc) is 2.86. The van der Waals surface area contributed by atoms with Crippen LogP contribution in [0.2, 0.25) is 0 Å². The van der Waals surface area contributed by atoms with Gasteiger partial charge in [-0.3, -0.25) is 18.7 Å². The molecule has 0 unspecified atom stereocenters. The summed E-state index contributed by atoms with van der Waals surface area (Å²) >= 11 is 0. The number of ketones is 1. The Hall–Kier alpha value is -3.85. The molecule has 1 aliphatic rings. The van der Waals surface area contributed by atoms with Crippen molar-refractivity contribution >= 4 is 17.3 Å². The van der Waals surface area contributed by atoms with Gasteiger partial charge in [-0.2, -0.15) is 0 Å². The lowest BCUT2D eigenvalue weighted by Gasteiger charge is -2.33. The molecule has 0 atom stereocenters. The van der Waals surface area contributed by atoms with E-state index in [1.807, 2.05) is 54.6 Å². The second-order valence-corrected chi connectivity index (χ2v) is 8.51. The smallest absolute Gasteiger partial charge is 0.332 e. The van der Waals surface area contributed by atoms with E-state index in [1.54, 1.807) is 7.11 Å². The number of hydrogen-bond donors (Lipinski definition) is 2. The zero-order valence-corrected chi connectivity index (χ0v) is 19.5. The molecule has 1 fully saturated rings. The van der Waals surface area contributed by atoms with Gasteiger partial charge in [-0.15, -0.1) is 0 Å². The van der Waals surface area contributed by atoms with Crippen molar-refractivity contribution in [3.8, 4) is 5.75 Å². The van der Waals surface area contributed by atoms with Gasteiger partial charge in [0, 0.05) is 12.7 Å². The summed E-state index contributed by atoms with van der Waals surface area (Å²) in [4.78, 5) is 42.0. The van der Waals surface area contributed by atoms with Crippen LogP contribution in [0.25, 0.3) is 0 Å². The molecule has 0 radical (unpaired) electrons. The van der Waals surface area contributed by atoms with E-state index < -0.39 is 11.2 Å². The summed E-state index contributed by atoms with van der Waals surface area (Å²) in [6.45, 7) is 3.42. The van der Waals surface area contributed by atoms with Crippen molar-refractivity contribution in [2.45, 2.75) is 6.54 Å². The molecule has 0 aliphatic carbocycles. The lowest BCUT2D eigenvalue weighted by molar-refractivity contribution is -0.892. The number of quaternary nitrogens is 1. The quantitative estimate of drug-likeness (QED) is 0.469. The van der Waals surface area contributed by atoms with Crippen LogP contribution in [0.5, 0.6) is 5.75 Å². The maximum atomic E-state index is 13.2. The standard InChI is InChI=1S/C25H29N5O4/c1-27-24(32)22(23(26)30(25(27)33)16-18-6-4-3-5-7-18)21(31)17-28-12-14-29(15-13-28)19-8-10-20(34-2)11-9-19/h3-11H,12-17,26H2,1-2H3/p+1. The number of Topliss-reactive ketones (excluding diaryl/α,β-unsaturated/α-hetero) is 1. The summed E-state index contributed by atoms with van der Waals surface area (Å²) < 4.78 is 7.47. The van der Waals surface area contributed by atoms with Crippen molar-refractivity contribution < 1.29 is 14.4 Å². The molecule has 9 nitrogen and oxygen atoms in total. The Morgan fingerprint density at radius 1 is 1.03 bits per heavy atom. The number of piperazine rings is 1. The monoisotopic (exact) mass is 464 g/mol. The average molecular weight is 465 g/mol. The van der Waals surface area contributed by atoms with Crippen molar-refractivity contribution in [2.75, 3.05) is 50.5 Å². The summed E-state index contributed by atoms with van der Waals surface area (Å²) in [6, 6.07) is 17.2. The molecule has 1 aromatic heterocycles. The highest BCUT2D eigenvalue weighted by Gasteiger charge is 2.27. The Bertz CT molecular complexity index is 1270. The van der Waals surface area contributed by atoms with E-state index in [9.17, 15) is 14.4 Å². The van der Waals surface area contributed by atoms with Crippen LogP contribution in [0, 0.1) is 0 Å². The number of methoxy groups -OCH3 is 1. The molecule has 3 aromatic rings. The predicted octanol–water partition coefficient (Wildman–Crippen LogP) is -0.226. The SMILES string of the molecule is COc1ccc(N2CC[NH+](CC(=O)c3c(N)n(Cc4ccccc4)c(=O)n(C)c3=O)CC2)cc1. The van der Waals surface area contributed by atoms with Gasteiger partial charge in [0.25, 0.3) is 5.56 Å². The largest absolute Gasteiger partial charge is 0.497 e. The van der Waals surface area contributed by atoms with Gasteiger partial charge in [0.2, 0.25) is 5.78 Å². The Kier molecular flexibility index (Phi) is 6.83. The summed E-state index contributed by atoms with van der Waals surface area (Å²) in [7, 11) is 3.02. The molecule has 0 amide bonds. The van der Waals surface area contributed by atoms with Gasteiger partial charge in [0.1, 0.15) is 23.7 Å². The molecule has 0 bridgehead atoms. The van der Waals surface area contributed by atoms with E-state index in [2.05, 4.69) is 4.90 Å². The first-order chi connectivity index (χ1) is 16.4. The number of benzene rings is 2.